The maximum absolute atomic E-state index is 14.0. The predicted molar refractivity (Wildman–Crippen MR) is 76.7 cm³/mol. The number of aromatic nitrogens is 1. The second kappa shape index (κ2) is 5.18. The lowest BCUT2D eigenvalue weighted by Gasteiger charge is -2.04. The van der Waals surface area contributed by atoms with Gasteiger partial charge in [-0.05, 0) is 24.3 Å². The molecular formula is C15H9ClF2N2O. The van der Waals surface area contributed by atoms with Crippen molar-refractivity contribution in [3.63, 3.8) is 0 Å². The molecule has 0 saturated carbocycles. The molecule has 3 rings (SSSR count). The van der Waals surface area contributed by atoms with Crippen LogP contribution in [0.25, 0.3) is 22.5 Å². The zero-order valence-corrected chi connectivity index (χ0v) is 11.4. The van der Waals surface area contributed by atoms with Crippen LogP contribution in [0.4, 0.5) is 14.6 Å². The topological polar surface area (TPSA) is 52.0 Å². The number of nitrogens with zero attached hydrogens (tertiary/aromatic N) is 1. The van der Waals surface area contributed by atoms with E-state index in [2.05, 4.69) is 5.16 Å². The highest BCUT2D eigenvalue weighted by Crippen LogP contribution is 2.38. The molecule has 21 heavy (non-hydrogen) atoms. The fraction of sp³-hybridized carbons (Fsp3) is 0. The molecule has 2 aromatic carbocycles. The van der Waals surface area contributed by atoms with Crippen molar-refractivity contribution in [3.8, 4) is 22.5 Å². The molecule has 0 amide bonds. The van der Waals surface area contributed by atoms with Crippen LogP contribution in [0.5, 0.6) is 0 Å². The Morgan fingerprint density at radius 1 is 1.05 bits per heavy atom. The molecule has 2 N–H and O–H groups in total. The fourth-order valence-corrected chi connectivity index (χ4v) is 2.18. The summed E-state index contributed by atoms with van der Waals surface area (Å²) >= 11 is 5.65. The van der Waals surface area contributed by atoms with Crippen molar-refractivity contribution in [1.29, 1.82) is 0 Å². The third kappa shape index (κ3) is 2.36. The van der Waals surface area contributed by atoms with E-state index in [0.29, 0.717) is 5.56 Å². The first-order valence-electron chi connectivity index (χ1n) is 6.03. The minimum absolute atomic E-state index is 0.0151. The first kappa shape index (κ1) is 13.6. The fourth-order valence-electron chi connectivity index (χ4n) is 2.06. The van der Waals surface area contributed by atoms with E-state index in [4.69, 9.17) is 21.9 Å². The molecule has 106 valence electrons. The van der Waals surface area contributed by atoms with Gasteiger partial charge in [0.15, 0.2) is 11.6 Å². The molecule has 3 nitrogen and oxygen atoms in total. The molecular weight excluding hydrogens is 298 g/mol. The van der Waals surface area contributed by atoms with E-state index in [1.807, 2.05) is 0 Å². The molecule has 0 bridgehead atoms. The number of rotatable bonds is 2. The van der Waals surface area contributed by atoms with Crippen molar-refractivity contribution < 1.29 is 13.3 Å². The number of halogens is 3. The highest BCUT2D eigenvalue weighted by molar-refractivity contribution is 6.30. The van der Waals surface area contributed by atoms with Gasteiger partial charge >= 0.3 is 0 Å². The van der Waals surface area contributed by atoms with E-state index in [9.17, 15) is 8.78 Å². The zero-order chi connectivity index (χ0) is 15.0. The smallest absolute Gasteiger partial charge is 0.177 e. The summed E-state index contributed by atoms with van der Waals surface area (Å²) in [6.45, 7) is 0. The lowest BCUT2D eigenvalue weighted by atomic mass is 10.0. The van der Waals surface area contributed by atoms with Crippen LogP contribution in [-0.4, -0.2) is 5.16 Å². The second-order valence-corrected chi connectivity index (χ2v) is 4.79. The Morgan fingerprint density at radius 2 is 1.81 bits per heavy atom. The lowest BCUT2D eigenvalue weighted by Crippen LogP contribution is -1.91. The van der Waals surface area contributed by atoms with Crippen molar-refractivity contribution in [3.05, 3.63) is 59.1 Å². The van der Waals surface area contributed by atoms with E-state index >= 15 is 0 Å². The van der Waals surface area contributed by atoms with Gasteiger partial charge in [0.2, 0.25) is 0 Å². The van der Waals surface area contributed by atoms with Crippen LogP contribution in [0.1, 0.15) is 0 Å². The summed E-state index contributed by atoms with van der Waals surface area (Å²) in [7, 11) is 0. The molecule has 0 atom stereocenters. The number of nitrogen functional groups attached to an aromatic ring is 1. The van der Waals surface area contributed by atoms with Gasteiger partial charge in [0, 0.05) is 11.1 Å². The standard InChI is InChI=1S/C15H9ClF2N2O/c16-10-6-5-8(7-12(10)18)14-13(15(19)20-21-14)9-3-1-2-4-11(9)17/h1-7H,(H2,19,20). The van der Waals surface area contributed by atoms with Gasteiger partial charge in [-0.1, -0.05) is 35.0 Å². The maximum Gasteiger partial charge on any atom is 0.177 e. The van der Waals surface area contributed by atoms with Crippen molar-refractivity contribution in [2.24, 2.45) is 0 Å². The van der Waals surface area contributed by atoms with E-state index in [-0.39, 0.29) is 27.7 Å². The molecule has 0 saturated heterocycles. The Morgan fingerprint density at radius 3 is 2.52 bits per heavy atom. The molecule has 0 unspecified atom stereocenters. The zero-order valence-electron chi connectivity index (χ0n) is 10.6. The summed E-state index contributed by atoms with van der Waals surface area (Å²) in [5, 5.41) is 3.63. The summed E-state index contributed by atoms with van der Waals surface area (Å²) < 4.78 is 32.7. The largest absolute Gasteiger partial charge is 0.380 e. The number of anilines is 1. The van der Waals surface area contributed by atoms with Crippen molar-refractivity contribution in [1.82, 2.24) is 5.16 Å². The van der Waals surface area contributed by atoms with Gasteiger partial charge in [-0.3, -0.25) is 0 Å². The maximum atomic E-state index is 14.0. The number of nitrogens with two attached hydrogens (primary N) is 1. The van der Waals surface area contributed by atoms with Crippen molar-refractivity contribution >= 4 is 17.4 Å². The Hall–Kier alpha value is -2.40. The molecule has 0 spiro atoms. The molecule has 1 aromatic heterocycles. The summed E-state index contributed by atoms with van der Waals surface area (Å²) in [5.74, 6) is -0.856. The Bertz CT molecular complexity index is 817. The monoisotopic (exact) mass is 306 g/mol. The Kier molecular flexibility index (Phi) is 3.35. The number of hydrogen-bond donors (Lipinski definition) is 1. The lowest BCUT2D eigenvalue weighted by molar-refractivity contribution is 0.435. The first-order chi connectivity index (χ1) is 10.1. The van der Waals surface area contributed by atoms with E-state index in [0.717, 1.165) is 0 Å². The van der Waals surface area contributed by atoms with Gasteiger partial charge in [0.1, 0.15) is 11.6 Å². The van der Waals surface area contributed by atoms with Gasteiger partial charge in [-0.15, -0.1) is 0 Å². The third-order valence-electron chi connectivity index (χ3n) is 3.04. The SMILES string of the molecule is Nc1noc(-c2ccc(Cl)c(F)c2)c1-c1ccccc1F. The van der Waals surface area contributed by atoms with Crippen LogP contribution in [0.15, 0.2) is 47.0 Å². The average Bonchev–Trinajstić information content (AvgIpc) is 2.84. The molecule has 0 radical (unpaired) electrons. The van der Waals surface area contributed by atoms with Crippen molar-refractivity contribution in [2.75, 3.05) is 5.73 Å². The summed E-state index contributed by atoms with van der Waals surface area (Å²) in [5.41, 5.74) is 6.66. The molecule has 0 aliphatic heterocycles. The minimum Gasteiger partial charge on any atom is -0.380 e. The molecule has 6 heteroatoms. The van der Waals surface area contributed by atoms with Gasteiger partial charge in [-0.2, -0.15) is 0 Å². The van der Waals surface area contributed by atoms with E-state index < -0.39 is 11.6 Å². The van der Waals surface area contributed by atoms with Crippen LogP contribution in [0, 0.1) is 11.6 Å². The van der Waals surface area contributed by atoms with Crippen molar-refractivity contribution in [2.45, 2.75) is 0 Å². The highest BCUT2D eigenvalue weighted by atomic mass is 35.5. The van der Waals surface area contributed by atoms with Crippen LogP contribution in [0.2, 0.25) is 5.02 Å². The van der Waals surface area contributed by atoms with Crippen LogP contribution < -0.4 is 5.73 Å². The third-order valence-corrected chi connectivity index (χ3v) is 3.35. The molecule has 0 aliphatic rings. The van der Waals surface area contributed by atoms with Crippen LogP contribution >= 0.6 is 11.6 Å². The van der Waals surface area contributed by atoms with E-state index in [1.54, 1.807) is 24.3 Å². The van der Waals surface area contributed by atoms with Gasteiger partial charge in [0.25, 0.3) is 0 Å². The van der Waals surface area contributed by atoms with Gasteiger partial charge < -0.3 is 10.3 Å². The highest BCUT2D eigenvalue weighted by Gasteiger charge is 2.20. The summed E-state index contributed by atoms with van der Waals surface area (Å²) in [6, 6.07) is 10.2. The molecule has 3 aromatic rings. The average molecular weight is 307 g/mol. The van der Waals surface area contributed by atoms with Crippen LogP contribution in [0.3, 0.4) is 0 Å². The summed E-state index contributed by atoms with van der Waals surface area (Å²) in [6.07, 6.45) is 0. The Labute approximate surface area is 123 Å². The number of hydrogen-bond acceptors (Lipinski definition) is 3. The normalized spacial score (nSPS) is 10.8. The van der Waals surface area contributed by atoms with E-state index in [1.165, 1.54) is 18.2 Å². The number of benzene rings is 2. The molecule has 1 heterocycles. The Balaban J connectivity index is 2.22. The van der Waals surface area contributed by atoms with Crippen LogP contribution in [-0.2, 0) is 0 Å². The predicted octanol–water partition coefficient (Wildman–Crippen LogP) is 4.52. The molecule has 0 fully saturated rings. The second-order valence-electron chi connectivity index (χ2n) is 4.38. The van der Waals surface area contributed by atoms with Gasteiger partial charge in [-0.25, -0.2) is 8.78 Å². The van der Waals surface area contributed by atoms with Gasteiger partial charge in [0.05, 0.1) is 10.6 Å². The first-order valence-corrected chi connectivity index (χ1v) is 6.41. The minimum atomic E-state index is -0.608. The molecule has 0 aliphatic carbocycles. The summed E-state index contributed by atoms with van der Waals surface area (Å²) in [4.78, 5) is 0. The quantitative estimate of drug-likeness (QED) is 0.757.